The van der Waals surface area contributed by atoms with Gasteiger partial charge in [0.1, 0.15) is 0 Å². The van der Waals surface area contributed by atoms with Crippen LogP contribution in [0.1, 0.15) is 91.4 Å². The first-order valence-corrected chi connectivity index (χ1v) is 9.07. The number of unbranched alkanes of at least 4 members (excludes halogenated alkanes) is 9. The van der Waals surface area contributed by atoms with Crippen molar-refractivity contribution in [2.75, 3.05) is 13.1 Å². The van der Waals surface area contributed by atoms with Gasteiger partial charge in [-0.25, -0.2) is 0 Å². The maximum atomic E-state index is 10.8. The van der Waals surface area contributed by atoms with Crippen molar-refractivity contribution < 1.29 is 9.90 Å². The van der Waals surface area contributed by atoms with Crippen LogP contribution in [0.3, 0.4) is 0 Å². The van der Waals surface area contributed by atoms with Crippen molar-refractivity contribution in [2.45, 2.75) is 97.4 Å². The smallest absolute Gasteiger partial charge is 0.317 e. The van der Waals surface area contributed by atoms with Gasteiger partial charge in [-0.2, -0.15) is 0 Å². The molecule has 0 saturated heterocycles. The Bertz CT molecular complexity index is 243. The van der Waals surface area contributed by atoms with Gasteiger partial charge in [-0.3, -0.25) is 9.69 Å². The molecule has 0 aromatic carbocycles. The molecule has 0 spiro atoms. The van der Waals surface area contributed by atoms with Gasteiger partial charge in [0.05, 0.1) is 6.54 Å². The molecule has 0 aliphatic rings. The number of carbonyl (C=O) groups is 1. The molecule has 0 aliphatic carbocycles. The molecule has 3 heteroatoms. The van der Waals surface area contributed by atoms with Crippen molar-refractivity contribution in [3.05, 3.63) is 0 Å². The fourth-order valence-electron chi connectivity index (χ4n) is 2.86. The average molecular weight is 299 g/mol. The highest BCUT2D eigenvalue weighted by atomic mass is 16.4. The van der Waals surface area contributed by atoms with E-state index in [0.29, 0.717) is 6.04 Å². The molecule has 0 aromatic heterocycles. The SMILES string of the molecule is CCCCCCCCCCCCC(C)N(CC)CC(=O)O. The van der Waals surface area contributed by atoms with E-state index in [1.165, 1.54) is 64.2 Å². The first kappa shape index (κ1) is 20.4. The normalized spacial score (nSPS) is 12.8. The Hall–Kier alpha value is -0.570. The molecule has 0 aromatic rings. The number of nitrogens with zero attached hydrogens (tertiary/aromatic N) is 1. The molecule has 0 amide bonds. The Labute approximate surface area is 132 Å². The van der Waals surface area contributed by atoms with E-state index < -0.39 is 5.97 Å². The number of carboxylic acid groups (broad SMARTS) is 1. The van der Waals surface area contributed by atoms with Crippen LogP contribution in [-0.2, 0) is 4.79 Å². The first-order valence-electron chi connectivity index (χ1n) is 9.07. The second-order valence-electron chi connectivity index (χ2n) is 6.28. The van der Waals surface area contributed by atoms with Gasteiger partial charge in [0.2, 0.25) is 0 Å². The van der Waals surface area contributed by atoms with Crippen LogP contribution in [0.25, 0.3) is 0 Å². The van der Waals surface area contributed by atoms with Gasteiger partial charge in [-0.1, -0.05) is 78.1 Å². The molecular formula is C18H37NO2. The molecule has 126 valence electrons. The van der Waals surface area contributed by atoms with Crippen LogP contribution in [0.4, 0.5) is 0 Å². The largest absolute Gasteiger partial charge is 0.480 e. The minimum absolute atomic E-state index is 0.176. The zero-order valence-electron chi connectivity index (χ0n) is 14.6. The molecule has 3 nitrogen and oxygen atoms in total. The average Bonchev–Trinajstić information content (AvgIpc) is 2.46. The van der Waals surface area contributed by atoms with Gasteiger partial charge in [0.25, 0.3) is 0 Å². The highest BCUT2D eigenvalue weighted by Crippen LogP contribution is 2.13. The van der Waals surface area contributed by atoms with Gasteiger partial charge in [-0.05, 0) is 19.9 Å². The van der Waals surface area contributed by atoms with Crippen molar-refractivity contribution in [1.29, 1.82) is 0 Å². The molecule has 1 N–H and O–H groups in total. The van der Waals surface area contributed by atoms with E-state index in [4.69, 9.17) is 5.11 Å². The van der Waals surface area contributed by atoms with Gasteiger partial charge < -0.3 is 5.11 Å². The summed E-state index contributed by atoms with van der Waals surface area (Å²) in [6.45, 7) is 7.45. The third-order valence-corrected chi connectivity index (χ3v) is 4.34. The minimum atomic E-state index is -0.716. The van der Waals surface area contributed by atoms with Crippen molar-refractivity contribution in [3.8, 4) is 0 Å². The topological polar surface area (TPSA) is 40.5 Å². The minimum Gasteiger partial charge on any atom is -0.480 e. The second-order valence-corrected chi connectivity index (χ2v) is 6.28. The number of aliphatic carboxylic acids is 1. The van der Waals surface area contributed by atoms with E-state index in [-0.39, 0.29) is 6.54 Å². The maximum absolute atomic E-state index is 10.8. The number of hydrogen-bond donors (Lipinski definition) is 1. The summed E-state index contributed by atoms with van der Waals surface area (Å²) in [5.41, 5.74) is 0. The van der Waals surface area contributed by atoms with Gasteiger partial charge in [0, 0.05) is 6.04 Å². The van der Waals surface area contributed by atoms with E-state index in [0.717, 1.165) is 13.0 Å². The molecule has 21 heavy (non-hydrogen) atoms. The summed E-state index contributed by atoms with van der Waals surface area (Å²) in [7, 11) is 0. The Morgan fingerprint density at radius 1 is 0.905 bits per heavy atom. The lowest BCUT2D eigenvalue weighted by Gasteiger charge is -2.26. The molecule has 0 rings (SSSR count). The fraction of sp³-hybridized carbons (Fsp3) is 0.944. The van der Waals surface area contributed by atoms with E-state index in [1.807, 2.05) is 6.92 Å². The molecule has 0 bridgehead atoms. The van der Waals surface area contributed by atoms with Crippen molar-refractivity contribution >= 4 is 5.97 Å². The number of rotatable bonds is 15. The molecule has 1 atom stereocenters. The van der Waals surface area contributed by atoms with E-state index in [1.54, 1.807) is 0 Å². The predicted molar refractivity (Wildman–Crippen MR) is 90.8 cm³/mol. The predicted octanol–water partition coefficient (Wildman–Crippen LogP) is 5.09. The zero-order chi connectivity index (χ0) is 15.9. The number of carboxylic acids is 1. The standard InChI is InChI=1S/C18H37NO2/c1-4-6-7-8-9-10-11-12-13-14-15-17(3)19(5-2)16-18(20)21/h17H,4-16H2,1-3H3,(H,20,21). The quantitative estimate of drug-likeness (QED) is 0.428. The monoisotopic (exact) mass is 299 g/mol. The van der Waals surface area contributed by atoms with Crippen LogP contribution in [0.5, 0.6) is 0 Å². The molecule has 1 unspecified atom stereocenters. The lowest BCUT2D eigenvalue weighted by Crippen LogP contribution is -2.37. The van der Waals surface area contributed by atoms with Crippen molar-refractivity contribution in [1.82, 2.24) is 4.90 Å². The highest BCUT2D eigenvalue weighted by molar-refractivity contribution is 5.69. The third kappa shape index (κ3) is 12.9. The summed E-state index contributed by atoms with van der Waals surface area (Å²) in [5, 5.41) is 8.87. The Morgan fingerprint density at radius 2 is 1.38 bits per heavy atom. The van der Waals surface area contributed by atoms with Crippen LogP contribution in [-0.4, -0.2) is 35.1 Å². The van der Waals surface area contributed by atoms with Crippen LogP contribution in [0, 0.1) is 0 Å². The van der Waals surface area contributed by atoms with Gasteiger partial charge in [0.15, 0.2) is 0 Å². The summed E-state index contributed by atoms with van der Waals surface area (Å²) in [6.07, 6.45) is 14.7. The van der Waals surface area contributed by atoms with Gasteiger partial charge in [-0.15, -0.1) is 0 Å². The second kappa shape index (κ2) is 14.4. The summed E-state index contributed by atoms with van der Waals surface area (Å²) < 4.78 is 0. The maximum Gasteiger partial charge on any atom is 0.317 e. The van der Waals surface area contributed by atoms with Crippen LogP contribution < -0.4 is 0 Å². The summed E-state index contributed by atoms with van der Waals surface area (Å²) in [5.74, 6) is -0.716. The van der Waals surface area contributed by atoms with Crippen LogP contribution in [0.2, 0.25) is 0 Å². The van der Waals surface area contributed by atoms with E-state index >= 15 is 0 Å². The third-order valence-electron chi connectivity index (χ3n) is 4.34. The van der Waals surface area contributed by atoms with Crippen LogP contribution in [0.15, 0.2) is 0 Å². The summed E-state index contributed by atoms with van der Waals surface area (Å²) in [6, 6.07) is 0.389. The highest BCUT2D eigenvalue weighted by Gasteiger charge is 2.14. The molecule has 0 radical (unpaired) electrons. The summed E-state index contributed by atoms with van der Waals surface area (Å²) >= 11 is 0. The van der Waals surface area contributed by atoms with E-state index in [9.17, 15) is 4.79 Å². The van der Waals surface area contributed by atoms with Crippen molar-refractivity contribution in [3.63, 3.8) is 0 Å². The zero-order valence-corrected chi connectivity index (χ0v) is 14.6. The lowest BCUT2D eigenvalue weighted by atomic mass is 10.0. The molecular weight excluding hydrogens is 262 g/mol. The lowest BCUT2D eigenvalue weighted by molar-refractivity contribution is -0.138. The molecule has 0 fully saturated rings. The fourth-order valence-corrected chi connectivity index (χ4v) is 2.86. The molecule has 0 heterocycles. The van der Waals surface area contributed by atoms with Crippen molar-refractivity contribution in [2.24, 2.45) is 0 Å². The molecule has 0 aliphatic heterocycles. The Morgan fingerprint density at radius 3 is 1.81 bits per heavy atom. The summed E-state index contributed by atoms with van der Waals surface area (Å²) in [4.78, 5) is 12.8. The Balaban J connectivity index is 3.42. The first-order chi connectivity index (χ1) is 10.1. The number of hydrogen-bond acceptors (Lipinski definition) is 2. The molecule has 0 saturated carbocycles. The van der Waals surface area contributed by atoms with Gasteiger partial charge >= 0.3 is 5.97 Å². The number of likely N-dealkylation sites (N-methyl/N-ethyl adjacent to an activating group) is 1. The Kier molecular flexibility index (Phi) is 14.0. The van der Waals surface area contributed by atoms with E-state index in [2.05, 4.69) is 18.7 Å². The van der Waals surface area contributed by atoms with Crippen LogP contribution >= 0.6 is 0 Å².